The normalized spacial score (nSPS) is 24.8. The second kappa shape index (κ2) is 29.5. The topological polar surface area (TPSA) is 217 Å². The third kappa shape index (κ3) is 18.5. The molecule has 2 aromatic rings. The third-order valence-corrected chi connectivity index (χ3v) is 12.6. The standard InChI is InChI=1S/C55H81N5O14/c1-16-69-55(68)74-56-47-37(10)70-50(63)41(27-33(2)3)57(12)45(31-39-23-19-17-20-24-39)54(67)73-53(66)44(30-36(8)9)59(14)48(61)38(11)71-51(64)43(29-35(6)7)60(15)49(62)46(32-40-25-21-18-22-26-40)72-52(65)42(58(47)13)28-34(4)5/h17-26,33-38,41-46H,16,27-32H2,1-15H3/b56-47+/t37-,38-,41+,42+,43+,44+,45+,46-/m0/s1. The summed E-state index contributed by atoms with van der Waals surface area (Å²) >= 11 is 0. The van der Waals surface area contributed by atoms with Gasteiger partial charge < -0.3 is 38.4 Å². The molecule has 0 radical (unpaired) electrons. The lowest BCUT2D eigenvalue weighted by Gasteiger charge is -2.36. The fourth-order valence-corrected chi connectivity index (χ4v) is 8.60. The van der Waals surface area contributed by atoms with Crippen molar-refractivity contribution in [3.63, 3.8) is 0 Å². The average Bonchev–Trinajstić information content (AvgIpc) is 3.33. The maximum absolute atomic E-state index is 14.8. The lowest BCUT2D eigenvalue weighted by Crippen LogP contribution is -2.55. The first-order chi connectivity index (χ1) is 34.8. The summed E-state index contributed by atoms with van der Waals surface area (Å²) in [6.07, 6.45) is -5.27. The van der Waals surface area contributed by atoms with Crippen LogP contribution in [0.1, 0.15) is 113 Å². The highest BCUT2D eigenvalue weighted by Crippen LogP contribution is 2.25. The molecule has 0 aliphatic carbocycles. The van der Waals surface area contributed by atoms with Crippen LogP contribution in [0.4, 0.5) is 4.79 Å². The van der Waals surface area contributed by atoms with Crippen LogP contribution >= 0.6 is 0 Å². The van der Waals surface area contributed by atoms with E-state index < -0.39 is 96.3 Å². The van der Waals surface area contributed by atoms with Crippen LogP contribution in [0, 0.1) is 23.7 Å². The number of rotatable bonds is 14. The van der Waals surface area contributed by atoms with Crippen molar-refractivity contribution >= 4 is 53.7 Å². The highest BCUT2D eigenvalue weighted by Gasteiger charge is 2.43. The van der Waals surface area contributed by atoms with Gasteiger partial charge in [0, 0.05) is 27.6 Å². The second-order valence-electron chi connectivity index (χ2n) is 20.7. The molecule has 1 heterocycles. The minimum atomic E-state index is -1.51. The van der Waals surface area contributed by atoms with Gasteiger partial charge in [0.25, 0.3) is 11.8 Å². The molecule has 410 valence electrons. The van der Waals surface area contributed by atoms with Crippen LogP contribution in [0.25, 0.3) is 0 Å². The number of oxime groups is 1. The van der Waals surface area contributed by atoms with E-state index >= 15 is 0 Å². The Bertz CT molecular complexity index is 2220. The minimum Gasteiger partial charge on any atom is -0.453 e. The molecular formula is C55H81N5O14. The Balaban J connectivity index is 2.37. The highest BCUT2D eigenvalue weighted by molar-refractivity contribution is 5.96. The first-order valence-corrected chi connectivity index (χ1v) is 25.6. The number of carbonyl (C=O) groups excluding carboxylic acids is 8. The van der Waals surface area contributed by atoms with E-state index in [2.05, 4.69) is 5.16 Å². The fourth-order valence-electron chi connectivity index (χ4n) is 8.60. The number of amidine groups is 1. The van der Waals surface area contributed by atoms with Gasteiger partial charge in [0.1, 0.15) is 30.2 Å². The molecule has 2 amide bonds. The summed E-state index contributed by atoms with van der Waals surface area (Å²) in [5, 5.41) is 4.08. The second-order valence-corrected chi connectivity index (χ2v) is 20.7. The van der Waals surface area contributed by atoms with Crippen LogP contribution in [0.5, 0.6) is 0 Å². The lowest BCUT2D eigenvalue weighted by molar-refractivity contribution is -0.174. The maximum atomic E-state index is 14.8. The van der Waals surface area contributed by atoms with Gasteiger partial charge >= 0.3 is 36.0 Å². The largest absolute Gasteiger partial charge is 0.535 e. The molecule has 19 heteroatoms. The molecule has 0 N–H and O–H groups in total. The van der Waals surface area contributed by atoms with Crippen molar-refractivity contribution in [1.82, 2.24) is 19.6 Å². The molecule has 1 fully saturated rings. The van der Waals surface area contributed by atoms with E-state index in [1.54, 1.807) is 67.6 Å². The maximum Gasteiger partial charge on any atom is 0.535 e. The van der Waals surface area contributed by atoms with E-state index in [0.29, 0.717) is 11.1 Å². The molecule has 0 bridgehead atoms. The molecule has 8 atom stereocenters. The Kier molecular flexibility index (Phi) is 24.7. The Labute approximate surface area is 437 Å². The quantitative estimate of drug-likeness (QED) is 0.0638. The van der Waals surface area contributed by atoms with Crippen LogP contribution in [0.15, 0.2) is 65.8 Å². The van der Waals surface area contributed by atoms with Crippen molar-refractivity contribution in [2.24, 2.45) is 28.8 Å². The third-order valence-electron chi connectivity index (χ3n) is 12.6. The number of benzene rings is 2. The molecule has 0 unspecified atom stereocenters. The molecule has 1 aliphatic heterocycles. The van der Waals surface area contributed by atoms with Crippen LogP contribution < -0.4 is 0 Å². The van der Waals surface area contributed by atoms with Crippen LogP contribution in [-0.4, -0.2) is 157 Å². The number of nitrogens with zero attached hydrogens (tertiary/aromatic N) is 5. The number of esters is 5. The summed E-state index contributed by atoms with van der Waals surface area (Å²) in [5.41, 5.74) is 1.31. The molecule has 2 aromatic carbocycles. The number of amides is 2. The van der Waals surface area contributed by atoms with E-state index in [1.807, 2.05) is 55.4 Å². The number of hydrogen-bond donors (Lipinski definition) is 0. The van der Waals surface area contributed by atoms with Crippen molar-refractivity contribution in [3.8, 4) is 0 Å². The Morgan fingerprint density at radius 1 is 0.527 bits per heavy atom. The first-order valence-electron chi connectivity index (χ1n) is 25.6. The van der Waals surface area contributed by atoms with E-state index in [0.717, 1.165) is 9.80 Å². The molecule has 3 rings (SSSR count). The predicted octanol–water partition coefficient (Wildman–Crippen LogP) is 6.62. The van der Waals surface area contributed by atoms with E-state index in [-0.39, 0.29) is 74.6 Å². The summed E-state index contributed by atoms with van der Waals surface area (Å²) in [6.45, 7) is 19.1. The average molecular weight is 1040 g/mol. The van der Waals surface area contributed by atoms with Gasteiger partial charge in [-0.05, 0) is 94.7 Å². The summed E-state index contributed by atoms with van der Waals surface area (Å²) in [4.78, 5) is 125. The zero-order valence-corrected chi connectivity index (χ0v) is 46.1. The van der Waals surface area contributed by atoms with Crippen LogP contribution in [0.3, 0.4) is 0 Å². The van der Waals surface area contributed by atoms with Gasteiger partial charge in [0.05, 0.1) is 6.61 Å². The van der Waals surface area contributed by atoms with E-state index in [9.17, 15) is 38.4 Å². The van der Waals surface area contributed by atoms with Crippen molar-refractivity contribution in [3.05, 3.63) is 71.8 Å². The summed E-state index contributed by atoms with van der Waals surface area (Å²) in [5.74, 6) is -7.16. The van der Waals surface area contributed by atoms with Crippen LogP contribution in [-0.2, 0) is 74.9 Å². The van der Waals surface area contributed by atoms with Gasteiger partial charge in [-0.25, -0.2) is 24.0 Å². The molecular weight excluding hydrogens is 955 g/mol. The lowest BCUT2D eigenvalue weighted by atomic mass is 9.98. The fraction of sp³-hybridized carbons (Fsp3) is 0.618. The monoisotopic (exact) mass is 1040 g/mol. The van der Waals surface area contributed by atoms with Crippen molar-refractivity contribution in [1.29, 1.82) is 0 Å². The van der Waals surface area contributed by atoms with Gasteiger partial charge in [-0.1, -0.05) is 121 Å². The number of cyclic esters (lactones) is 5. The van der Waals surface area contributed by atoms with E-state index in [4.69, 9.17) is 28.5 Å². The highest BCUT2D eigenvalue weighted by atomic mass is 16.8. The van der Waals surface area contributed by atoms with Gasteiger partial charge in [0.15, 0.2) is 24.1 Å². The van der Waals surface area contributed by atoms with E-state index in [1.165, 1.54) is 51.8 Å². The SMILES string of the molecule is CCOC(=O)O/N=C1\[C@H](C)OC(=O)[C@@H](CC(C)C)N(C)[C@H](Cc2ccccc2)C(=O)OC(=O)[C@@H](CC(C)C)N(C)C(=O)[C@H](C)OC(=O)[C@@H](CC(C)C)N(C)C(=O)[C@H](Cc2ccccc2)OC(=O)[C@@H](CC(C)C)N1C. The summed E-state index contributed by atoms with van der Waals surface area (Å²) < 4.78 is 28.9. The van der Waals surface area contributed by atoms with Gasteiger partial charge in [-0.3, -0.25) is 24.1 Å². The Morgan fingerprint density at radius 2 is 0.932 bits per heavy atom. The summed E-state index contributed by atoms with van der Waals surface area (Å²) in [7, 11) is 5.74. The zero-order chi connectivity index (χ0) is 55.6. The number of ether oxygens (including phenoxy) is 5. The Hall–Kier alpha value is -6.37. The molecule has 0 aromatic heterocycles. The molecule has 1 saturated heterocycles. The van der Waals surface area contributed by atoms with Gasteiger partial charge in [-0.15, -0.1) is 0 Å². The smallest absolute Gasteiger partial charge is 0.453 e. The molecule has 0 spiro atoms. The van der Waals surface area contributed by atoms with Crippen molar-refractivity contribution in [2.75, 3.05) is 34.8 Å². The minimum absolute atomic E-state index is 0.0148. The van der Waals surface area contributed by atoms with Crippen LogP contribution in [0.2, 0.25) is 0 Å². The number of carbonyl (C=O) groups is 8. The van der Waals surface area contributed by atoms with Crippen molar-refractivity contribution in [2.45, 2.75) is 163 Å². The first kappa shape index (κ1) is 61.9. The zero-order valence-electron chi connectivity index (χ0n) is 46.1. The molecule has 1 aliphatic rings. The molecule has 19 nitrogen and oxygen atoms in total. The van der Waals surface area contributed by atoms with Gasteiger partial charge in [-0.2, -0.15) is 0 Å². The van der Waals surface area contributed by atoms with Crippen molar-refractivity contribution < 1.29 is 66.9 Å². The number of hydrogen-bond acceptors (Lipinski definition) is 16. The predicted molar refractivity (Wildman–Crippen MR) is 276 cm³/mol. The molecule has 74 heavy (non-hydrogen) atoms. The van der Waals surface area contributed by atoms with Gasteiger partial charge in [0.2, 0.25) is 0 Å². The molecule has 0 saturated carbocycles. The summed E-state index contributed by atoms with van der Waals surface area (Å²) in [6, 6.07) is 11.5. The number of likely N-dealkylation sites (N-methyl/N-ethyl adjacent to an activating group) is 4. The Morgan fingerprint density at radius 3 is 1.43 bits per heavy atom.